The molecular formula is C24H22N2O8. The normalized spacial score (nSPS) is 10.3. The highest BCUT2D eigenvalue weighted by Gasteiger charge is 2.15. The summed E-state index contributed by atoms with van der Waals surface area (Å²) in [5.41, 5.74) is 1.25. The van der Waals surface area contributed by atoms with Crippen LogP contribution in [0, 0.1) is 0 Å². The van der Waals surface area contributed by atoms with Gasteiger partial charge in [0.25, 0.3) is 11.8 Å². The van der Waals surface area contributed by atoms with Gasteiger partial charge >= 0.3 is 6.16 Å². The molecule has 0 aromatic heterocycles. The summed E-state index contributed by atoms with van der Waals surface area (Å²) in [4.78, 5) is 36.4. The lowest BCUT2D eigenvalue weighted by atomic mass is 10.1. The van der Waals surface area contributed by atoms with E-state index < -0.39 is 35.2 Å². The van der Waals surface area contributed by atoms with Crippen molar-refractivity contribution in [2.75, 3.05) is 11.9 Å². The second-order valence-electron chi connectivity index (χ2n) is 6.97. The zero-order valence-corrected chi connectivity index (χ0v) is 18.1. The topological polar surface area (TPSA) is 154 Å². The van der Waals surface area contributed by atoms with E-state index in [1.54, 1.807) is 31.2 Å². The molecule has 34 heavy (non-hydrogen) atoms. The molecule has 0 saturated heterocycles. The van der Waals surface area contributed by atoms with Crippen molar-refractivity contribution in [3.05, 3.63) is 77.4 Å². The summed E-state index contributed by atoms with van der Waals surface area (Å²) in [6.45, 7) is 1.92. The molecule has 0 spiro atoms. The monoisotopic (exact) mass is 466 g/mol. The molecule has 3 rings (SSSR count). The summed E-state index contributed by atoms with van der Waals surface area (Å²) in [5.74, 6) is -2.79. The molecule has 0 atom stereocenters. The van der Waals surface area contributed by atoms with Crippen LogP contribution in [0.5, 0.6) is 23.0 Å². The molecule has 0 radical (unpaired) electrons. The summed E-state index contributed by atoms with van der Waals surface area (Å²) in [6.07, 6.45) is -0.837. The van der Waals surface area contributed by atoms with Crippen molar-refractivity contribution in [1.82, 2.24) is 5.32 Å². The first-order chi connectivity index (χ1) is 16.3. The molecule has 3 aromatic rings. The number of ether oxygens (including phenoxy) is 2. The Balaban J connectivity index is 1.64. The number of benzene rings is 3. The predicted molar refractivity (Wildman–Crippen MR) is 121 cm³/mol. The molecule has 0 aliphatic heterocycles. The molecule has 0 bridgehead atoms. The van der Waals surface area contributed by atoms with Crippen molar-refractivity contribution in [1.29, 1.82) is 0 Å². The van der Waals surface area contributed by atoms with Crippen LogP contribution >= 0.6 is 0 Å². The van der Waals surface area contributed by atoms with Gasteiger partial charge in [-0.3, -0.25) is 9.59 Å². The van der Waals surface area contributed by atoms with Gasteiger partial charge in [-0.15, -0.1) is 0 Å². The van der Waals surface area contributed by atoms with E-state index in [-0.39, 0.29) is 24.5 Å². The van der Waals surface area contributed by atoms with Crippen LogP contribution in [-0.2, 0) is 11.3 Å². The molecule has 0 aliphatic carbocycles. The van der Waals surface area contributed by atoms with Crippen molar-refractivity contribution in [3.63, 3.8) is 0 Å². The number of rotatable bonds is 7. The van der Waals surface area contributed by atoms with Gasteiger partial charge in [0.15, 0.2) is 17.2 Å². The Bertz CT molecular complexity index is 1180. The zero-order valence-electron chi connectivity index (χ0n) is 18.1. The Labute approximate surface area is 194 Å². The van der Waals surface area contributed by atoms with E-state index in [2.05, 4.69) is 15.4 Å². The van der Waals surface area contributed by atoms with E-state index in [1.807, 2.05) is 0 Å². The van der Waals surface area contributed by atoms with Crippen LogP contribution in [0.4, 0.5) is 10.5 Å². The third-order valence-electron chi connectivity index (χ3n) is 4.62. The summed E-state index contributed by atoms with van der Waals surface area (Å²) in [7, 11) is 0. The van der Waals surface area contributed by atoms with Crippen LogP contribution in [0.3, 0.4) is 0 Å². The van der Waals surface area contributed by atoms with Crippen LogP contribution in [0.1, 0.15) is 33.2 Å². The molecule has 0 fully saturated rings. The smallest absolute Gasteiger partial charge is 0.504 e. The first kappa shape index (κ1) is 23.9. The van der Waals surface area contributed by atoms with Crippen LogP contribution in [0.25, 0.3) is 0 Å². The van der Waals surface area contributed by atoms with Gasteiger partial charge in [0.1, 0.15) is 5.75 Å². The Morgan fingerprint density at radius 3 is 2.15 bits per heavy atom. The summed E-state index contributed by atoms with van der Waals surface area (Å²) < 4.78 is 9.64. The summed E-state index contributed by atoms with van der Waals surface area (Å²) in [5, 5.41) is 34.1. The maximum absolute atomic E-state index is 12.5. The molecule has 0 aliphatic rings. The maximum Gasteiger partial charge on any atom is 0.513 e. The van der Waals surface area contributed by atoms with Crippen molar-refractivity contribution >= 4 is 23.7 Å². The fraction of sp³-hybridized carbons (Fsp3) is 0.125. The van der Waals surface area contributed by atoms with Crippen molar-refractivity contribution < 1.29 is 39.2 Å². The second-order valence-corrected chi connectivity index (χ2v) is 6.97. The number of carbonyl (C=O) groups is 3. The standard InChI is InChI=1S/C24H22N2O8/c1-2-33-24(32)34-17-9-7-14(8-10-17)22(30)25-13-15-5-3-4-6-18(15)26-23(31)16-11-19(27)21(29)20(28)12-16/h3-12,27-29H,2,13H2,1H3,(H,25,30)(H,26,31). The Morgan fingerprint density at radius 1 is 0.853 bits per heavy atom. The van der Waals surface area contributed by atoms with Gasteiger partial charge in [-0.2, -0.15) is 0 Å². The lowest BCUT2D eigenvalue weighted by Gasteiger charge is -2.13. The van der Waals surface area contributed by atoms with Crippen LogP contribution in [0.2, 0.25) is 0 Å². The third kappa shape index (κ3) is 5.94. The van der Waals surface area contributed by atoms with Gasteiger partial charge in [0.05, 0.1) is 6.61 Å². The number of phenolic OH excluding ortho intramolecular Hbond substituents is 3. The average Bonchev–Trinajstić information content (AvgIpc) is 2.82. The van der Waals surface area contributed by atoms with E-state index in [1.165, 1.54) is 24.3 Å². The molecule has 10 nitrogen and oxygen atoms in total. The Morgan fingerprint density at radius 2 is 1.50 bits per heavy atom. The number of anilines is 1. The highest BCUT2D eigenvalue weighted by atomic mass is 16.7. The van der Waals surface area contributed by atoms with E-state index in [0.29, 0.717) is 16.8 Å². The second kappa shape index (κ2) is 10.7. The van der Waals surface area contributed by atoms with Crippen LogP contribution in [-0.4, -0.2) is 39.9 Å². The lowest BCUT2D eigenvalue weighted by molar-refractivity contribution is 0.0950. The van der Waals surface area contributed by atoms with E-state index >= 15 is 0 Å². The van der Waals surface area contributed by atoms with Crippen molar-refractivity contribution in [2.45, 2.75) is 13.5 Å². The van der Waals surface area contributed by atoms with Crippen molar-refractivity contribution in [2.24, 2.45) is 0 Å². The Hall–Kier alpha value is -4.73. The van der Waals surface area contributed by atoms with Gasteiger partial charge in [0.2, 0.25) is 0 Å². The lowest BCUT2D eigenvalue weighted by Crippen LogP contribution is -2.24. The molecule has 0 saturated carbocycles. The Kier molecular flexibility index (Phi) is 7.55. The third-order valence-corrected chi connectivity index (χ3v) is 4.62. The van der Waals surface area contributed by atoms with Crippen molar-refractivity contribution in [3.8, 4) is 23.0 Å². The van der Waals surface area contributed by atoms with Crippen LogP contribution in [0.15, 0.2) is 60.7 Å². The molecular weight excluding hydrogens is 444 g/mol. The van der Waals surface area contributed by atoms with Gasteiger partial charge in [-0.05, 0) is 55.0 Å². The minimum Gasteiger partial charge on any atom is -0.504 e. The molecule has 176 valence electrons. The number of phenols is 3. The first-order valence-corrected chi connectivity index (χ1v) is 10.2. The molecule has 2 amide bonds. The average molecular weight is 466 g/mol. The number of hydrogen-bond acceptors (Lipinski definition) is 8. The van der Waals surface area contributed by atoms with Gasteiger partial charge < -0.3 is 35.4 Å². The molecule has 3 aromatic carbocycles. The molecule has 0 unspecified atom stereocenters. The van der Waals surface area contributed by atoms with E-state index in [4.69, 9.17) is 4.74 Å². The summed E-state index contributed by atoms with van der Waals surface area (Å²) in [6, 6.07) is 14.7. The number of nitrogens with one attached hydrogen (secondary N) is 2. The number of amides is 2. The zero-order chi connectivity index (χ0) is 24.7. The molecule has 10 heteroatoms. The van der Waals surface area contributed by atoms with Gasteiger partial charge in [0, 0.05) is 23.4 Å². The highest BCUT2D eigenvalue weighted by Crippen LogP contribution is 2.35. The number of carbonyl (C=O) groups excluding carboxylic acids is 3. The van der Waals surface area contributed by atoms with E-state index in [0.717, 1.165) is 12.1 Å². The fourth-order valence-electron chi connectivity index (χ4n) is 2.92. The highest BCUT2D eigenvalue weighted by molar-refractivity contribution is 6.05. The maximum atomic E-state index is 12.5. The van der Waals surface area contributed by atoms with E-state index in [9.17, 15) is 29.7 Å². The summed E-state index contributed by atoms with van der Waals surface area (Å²) >= 11 is 0. The molecule has 0 heterocycles. The first-order valence-electron chi connectivity index (χ1n) is 10.2. The number of aromatic hydroxyl groups is 3. The van der Waals surface area contributed by atoms with Gasteiger partial charge in [-0.25, -0.2) is 4.79 Å². The quantitative estimate of drug-likeness (QED) is 0.201. The van der Waals surface area contributed by atoms with Gasteiger partial charge in [-0.1, -0.05) is 18.2 Å². The predicted octanol–water partition coefficient (Wildman–Crippen LogP) is 3.52. The largest absolute Gasteiger partial charge is 0.513 e. The minimum absolute atomic E-state index is 0.0724. The number of hydrogen-bond donors (Lipinski definition) is 5. The SMILES string of the molecule is CCOC(=O)Oc1ccc(C(=O)NCc2ccccc2NC(=O)c2cc(O)c(O)c(O)c2)cc1. The fourth-order valence-corrected chi connectivity index (χ4v) is 2.92. The molecule has 5 N–H and O–H groups in total. The van der Waals surface area contributed by atoms with Crippen LogP contribution < -0.4 is 15.4 Å². The number of para-hydroxylation sites is 1. The minimum atomic E-state index is -0.837.